The molecule has 0 nitrogen and oxygen atoms in total. The van der Waals surface area contributed by atoms with E-state index in [1.165, 1.54) is 60.9 Å². The van der Waals surface area contributed by atoms with Crippen molar-refractivity contribution in [3.05, 3.63) is 91.0 Å². The number of halogens is 1. The molecule has 0 bridgehead atoms. The topological polar surface area (TPSA) is 0 Å². The van der Waals surface area contributed by atoms with Crippen molar-refractivity contribution in [2.45, 2.75) is 58.3 Å². The zero-order valence-corrected chi connectivity index (χ0v) is 20.0. The summed E-state index contributed by atoms with van der Waals surface area (Å²) in [5.74, 6) is -3.05. The number of benzene rings is 3. The Kier molecular flexibility index (Phi) is 8.55. The van der Waals surface area contributed by atoms with Crippen LogP contribution in [-0.4, -0.2) is 6.16 Å². The van der Waals surface area contributed by atoms with Gasteiger partial charge in [0.15, 0.2) is 0 Å². The molecule has 0 amide bonds. The van der Waals surface area contributed by atoms with Crippen LogP contribution in [0.3, 0.4) is 0 Å². The maximum atomic E-state index is 8.09. The normalized spacial score (nSPS) is 12.9. The molecule has 0 spiro atoms. The summed E-state index contributed by atoms with van der Waals surface area (Å²) in [4.78, 5) is 0. The van der Waals surface area contributed by atoms with Crippen molar-refractivity contribution in [1.82, 2.24) is 0 Å². The van der Waals surface area contributed by atoms with Gasteiger partial charge < -0.3 is 0 Å². The van der Waals surface area contributed by atoms with Gasteiger partial charge in [-0.05, 0) is 0 Å². The molecule has 0 aliphatic rings. The number of hydrogen-bond acceptors (Lipinski definition) is 0. The van der Waals surface area contributed by atoms with Gasteiger partial charge in [-0.1, -0.05) is 0 Å². The van der Waals surface area contributed by atoms with Crippen LogP contribution in [-0.2, 0) is 0 Å². The Balaban J connectivity index is 1.92. The fourth-order valence-electron chi connectivity index (χ4n) is 4.59. The molecule has 160 valence electrons. The fourth-order valence-corrected chi connectivity index (χ4v) is 10.8. The predicted octanol–water partition coefficient (Wildman–Crippen LogP) is 7.81. The van der Waals surface area contributed by atoms with Gasteiger partial charge in [-0.2, -0.15) is 0 Å². The molecule has 0 radical (unpaired) electrons. The Bertz CT molecular complexity index is 761. The van der Waals surface area contributed by atoms with Gasteiger partial charge in [-0.3, -0.25) is 0 Å². The third kappa shape index (κ3) is 4.99. The minimum absolute atomic E-state index is 1.01. The van der Waals surface area contributed by atoms with E-state index in [-0.39, 0.29) is 0 Å². The summed E-state index contributed by atoms with van der Waals surface area (Å²) in [6, 6.07) is 32.6. The summed E-state index contributed by atoms with van der Waals surface area (Å²) in [6.07, 6.45) is 11.5. The van der Waals surface area contributed by atoms with Gasteiger partial charge in [0.2, 0.25) is 0 Å². The molecule has 3 aromatic carbocycles. The molecule has 0 aliphatic heterocycles. The third-order valence-electron chi connectivity index (χ3n) is 6.32. The van der Waals surface area contributed by atoms with Gasteiger partial charge in [-0.15, -0.1) is 0 Å². The molecule has 0 aliphatic carbocycles. The molecule has 0 heterocycles. The molecular weight excluding hydrogens is 403 g/mol. The van der Waals surface area contributed by atoms with E-state index in [4.69, 9.17) is 11.2 Å². The van der Waals surface area contributed by atoms with E-state index in [1.54, 1.807) is 0 Å². The first kappa shape index (κ1) is 23.1. The first-order valence-corrected chi connectivity index (χ1v) is 14.9. The average Bonchev–Trinajstić information content (AvgIpc) is 2.82. The van der Waals surface area contributed by atoms with Crippen molar-refractivity contribution in [3.8, 4) is 0 Å². The van der Waals surface area contributed by atoms with Gasteiger partial charge in [0.05, 0.1) is 0 Å². The number of rotatable bonds is 12. The van der Waals surface area contributed by atoms with E-state index in [9.17, 15) is 0 Å². The second kappa shape index (κ2) is 11.1. The summed E-state index contributed by atoms with van der Waals surface area (Å²) in [5.41, 5.74) is 0. The van der Waals surface area contributed by atoms with E-state index in [0.29, 0.717) is 0 Å². The van der Waals surface area contributed by atoms with Crippen molar-refractivity contribution in [1.29, 1.82) is 0 Å². The molecule has 2 heteroatoms. The second-order valence-corrected chi connectivity index (χ2v) is 15.0. The van der Waals surface area contributed by atoms with Gasteiger partial charge in [0, 0.05) is 0 Å². The summed E-state index contributed by atoms with van der Waals surface area (Å²) in [6.45, 7) is 2.28. The van der Waals surface area contributed by atoms with Crippen molar-refractivity contribution in [3.63, 3.8) is 0 Å². The Morgan fingerprint density at radius 1 is 0.500 bits per heavy atom. The van der Waals surface area contributed by atoms with E-state index >= 15 is 0 Å². The van der Waals surface area contributed by atoms with E-state index in [1.807, 2.05) is 0 Å². The summed E-state index contributed by atoms with van der Waals surface area (Å²) in [7, 11) is 0. The SMILES string of the molecule is CCCCCCCCCCP(Cl)(c1ccccc1)(c1ccccc1)c1ccccc1. The minimum atomic E-state index is -3.05. The quantitative estimate of drug-likeness (QED) is 0.200. The second-order valence-electron chi connectivity index (χ2n) is 8.39. The average molecular weight is 439 g/mol. The van der Waals surface area contributed by atoms with Crippen molar-refractivity contribution >= 4 is 33.1 Å². The molecule has 0 fully saturated rings. The van der Waals surface area contributed by atoms with Crippen LogP contribution in [0.1, 0.15) is 58.3 Å². The Morgan fingerprint density at radius 2 is 0.833 bits per heavy atom. The molecule has 0 saturated carbocycles. The van der Waals surface area contributed by atoms with Crippen LogP contribution in [0.4, 0.5) is 0 Å². The van der Waals surface area contributed by atoms with Crippen LogP contribution >= 0.6 is 17.2 Å². The Morgan fingerprint density at radius 3 is 1.20 bits per heavy atom. The molecular formula is C28H36ClP. The molecule has 0 aromatic heterocycles. The van der Waals surface area contributed by atoms with Crippen molar-refractivity contribution in [2.75, 3.05) is 6.16 Å². The fraction of sp³-hybridized carbons (Fsp3) is 0.357. The van der Waals surface area contributed by atoms with Crippen LogP contribution in [0, 0.1) is 0 Å². The number of unbranched alkanes of at least 4 members (excludes halogenated alkanes) is 7. The molecule has 0 N–H and O–H groups in total. The molecule has 0 unspecified atom stereocenters. The monoisotopic (exact) mass is 438 g/mol. The summed E-state index contributed by atoms with van der Waals surface area (Å²) >= 11 is 8.09. The van der Waals surface area contributed by atoms with Gasteiger partial charge in [0.25, 0.3) is 0 Å². The number of hydrogen-bond donors (Lipinski definition) is 0. The van der Waals surface area contributed by atoms with E-state index < -0.39 is 5.96 Å². The molecule has 0 atom stereocenters. The van der Waals surface area contributed by atoms with Gasteiger partial charge in [-0.25, -0.2) is 0 Å². The van der Waals surface area contributed by atoms with E-state index in [2.05, 4.69) is 97.9 Å². The predicted molar refractivity (Wildman–Crippen MR) is 138 cm³/mol. The molecule has 3 aromatic rings. The maximum absolute atomic E-state index is 8.09. The van der Waals surface area contributed by atoms with Crippen LogP contribution in [0.15, 0.2) is 91.0 Å². The third-order valence-corrected chi connectivity index (χ3v) is 13.9. The first-order chi connectivity index (χ1) is 14.7. The molecule has 30 heavy (non-hydrogen) atoms. The zero-order chi connectivity index (χ0) is 21.1. The standard InChI is InChI=1S/C28H36ClP/c1-2-3-4-5-6-7-8-18-25-30(29,26-19-12-9-13-20-26,27-21-14-10-15-22-27)28-23-16-11-17-24-28/h9-17,19-24H,2-8,18,25H2,1H3. The van der Waals surface area contributed by atoms with Crippen LogP contribution in [0.2, 0.25) is 0 Å². The molecule has 0 saturated heterocycles. The van der Waals surface area contributed by atoms with Crippen molar-refractivity contribution < 1.29 is 0 Å². The van der Waals surface area contributed by atoms with E-state index in [0.717, 1.165) is 12.6 Å². The van der Waals surface area contributed by atoms with Gasteiger partial charge >= 0.3 is 189 Å². The Hall–Kier alpha value is -1.62. The summed E-state index contributed by atoms with van der Waals surface area (Å²) < 4.78 is 0. The van der Waals surface area contributed by atoms with Crippen LogP contribution in [0.25, 0.3) is 0 Å². The van der Waals surface area contributed by atoms with Crippen LogP contribution in [0.5, 0.6) is 0 Å². The van der Waals surface area contributed by atoms with Crippen LogP contribution < -0.4 is 15.9 Å². The first-order valence-electron chi connectivity index (χ1n) is 11.6. The zero-order valence-electron chi connectivity index (χ0n) is 18.3. The molecule has 3 rings (SSSR count). The Labute approximate surface area is 188 Å². The van der Waals surface area contributed by atoms with Crippen molar-refractivity contribution in [2.24, 2.45) is 0 Å². The van der Waals surface area contributed by atoms with Gasteiger partial charge in [0.1, 0.15) is 0 Å². The summed E-state index contributed by atoms with van der Waals surface area (Å²) in [5, 5.41) is 3.85.